The van der Waals surface area contributed by atoms with Crippen LogP contribution >= 0.6 is 23.4 Å². The van der Waals surface area contributed by atoms with Crippen LogP contribution in [0.15, 0.2) is 83.8 Å². The molecule has 3 aromatic carbocycles. The van der Waals surface area contributed by atoms with E-state index in [2.05, 4.69) is 5.32 Å². The van der Waals surface area contributed by atoms with Gasteiger partial charge in [0.05, 0.1) is 15.5 Å². The Balaban J connectivity index is 1.66. The predicted molar refractivity (Wildman–Crippen MR) is 135 cm³/mol. The van der Waals surface area contributed by atoms with E-state index in [0.29, 0.717) is 17.3 Å². The van der Waals surface area contributed by atoms with Crippen LogP contribution in [0.4, 0.5) is 11.4 Å². The quantitative estimate of drug-likeness (QED) is 0.227. The molecule has 0 heterocycles. The zero-order chi connectivity index (χ0) is 24.6. The standard InChI is InChI=1S/C23H22ClN3O5S2/c24-19-6-4-5-18(15-19)17-33-14-13-25-23(28)16-26(20-9-11-21(12-10-20)27(29)30)34(31,32)22-7-2-1-3-8-22/h1-12,15H,13-14,16-17H2,(H,25,28). The molecule has 0 aliphatic heterocycles. The number of anilines is 1. The number of non-ortho nitro benzene ring substituents is 1. The van der Waals surface area contributed by atoms with Crippen molar-refractivity contribution in [2.45, 2.75) is 10.6 Å². The summed E-state index contributed by atoms with van der Waals surface area (Å²) in [6.07, 6.45) is 0. The zero-order valence-electron chi connectivity index (χ0n) is 18.0. The molecule has 8 nitrogen and oxygen atoms in total. The number of carbonyl (C=O) groups is 1. The molecule has 11 heteroatoms. The fourth-order valence-electron chi connectivity index (χ4n) is 3.04. The molecule has 34 heavy (non-hydrogen) atoms. The van der Waals surface area contributed by atoms with Crippen molar-refractivity contribution in [3.05, 3.63) is 99.6 Å². The molecule has 0 spiro atoms. The van der Waals surface area contributed by atoms with E-state index in [0.717, 1.165) is 15.6 Å². The fourth-order valence-corrected chi connectivity index (χ4v) is 5.50. The van der Waals surface area contributed by atoms with Crippen molar-refractivity contribution in [2.24, 2.45) is 0 Å². The smallest absolute Gasteiger partial charge is 0.269 e. The Kier molecular flexibility index (Phi) is 8.91. The van der Waals surface area contributed by atoms with Crippen molar-refractivity contribution < 1.29 is 18.1 Å². The number of carbonyl (C=O) groups excluding carboxylic acids is 1. The first-order valence-corrected chi connectivity index (χ1v) is 13.2. The molecular weight excluding hydrogens is 498 g/mol. The number of benzene rings is 3. The average molecular weight is 520 g/mol. The second-order valence-corrected chi connectivity index (χ2v) is 10.5. The maximum atomic E-state index is 13.2. The lowest BCUT2D eigenvalue weighted by atomic mass is 10.2. The number of nitro benzene ring substituents is 1. The number of halogens is 1. The third-order valence-electron chi connectivity index (χ3n) is 4.69. The third-order valence-corrected chi connectivity index (χ3v) is 7.75. The molecule has 0 aliphatic rings. The summed E-state index contributed by atoms with van der Waals surface area (Å²) in [5.41, 5.74) is 1.05. The third kappa shape index (κ3) is 6.96. The van der Waals surface area contributed by atoms with Gasteiger partial charge in [-0.1, -0.05) is 41.9 Å². The van der Waals surface area contributed by atoms with Crippen LogP contribution in [0.25, 0.3) is 0 Å². The van der Waals surface area contributed by atoms with Crippen LogP contribution in [0.3, 0.4) is 0 Å². The van der Waals surface area contributed by atoms with Gasteiger partial charge in [0.2, 0.25) is 5.91 Å². The van der Waals surface area contributed by atoms with Crippen molar-refractivity contribution in [1.29, 1.82) is 0 Å². The molecule has 0 atom stereocenters. The van der Waals surface area contributed by atoms with Crippen LogP contribution in [-0.2, 0) is 20.6 Å². The maximum absolute atomic E-state index is 13.2. The Morgan fingerprint density at radius 2 is 1.74 bits per heavy atom. The highest BCUT2D eigenvalue weighted by molar-refractivity contribution is 7.98. The van der Waals surface area contributed by atoms with Gasteiger partial charge in [0.25, 0.3) is 15.7 Å². The van der Waals surface area contributed by atoms with E-state index in [4.69, 9.17) is 11.6 Å². The largest absolute Gasteiger partial charge is 0.354 e. The van der Waals surface area contributed by atoms with Gasteiger partial charge in [-0.05, 0) is 42.0 Å². The number of sulfonamides is 1. The van der Waals surface area contributed by atoms with E-state index in [1.165, 1.54) is 36.4 Å². The summed E-state index contributed by atoms with van der Waals surface area (Å²) in [4.78, 5) is 23.0. The monoisotopic (exact) mass is 519 g/mol. The van der Waals surface area contributed by atoms with Crippen LogP contribution in [0.5, 0.6) is 0 Å². The summed E-state index contributed by atoms with van der Waals surface area (Å²) in [5.74, 6) is 0.871. The van der Waals surface area contributed by atoms with E-state index in [-0.39, 0.29) is 16.3 Å². The summed E-state index contributed by atoms with van der Waals surface area (Å²) in [5, 5.41) is 14.4. The van der Waals surface area contributed by atoms with Crippen molar-refractivity contribution >= 4 is 50.7 Å². The summed E-state index contributed by atoms with van der Waals surface area (Å²) in [6, 6.07) is 20.3. The summed E-state index contributed by atoms with van der Waals surface area (Å²) in [7, 11) is -4.07. The Morgan fingerprint density at radius 1 is 1.03 bits per heavy atom. The lowest BCUT2D eigenvalue weighted by Crippen LogP contribution is -2.41. The summed E-state index contributed by atoms with van der Waals surface area (Å²) >= 11 is 7.59. The molecule has 3 aromatic rings. The molecule has 1 N–H and O–H groups in total. The minimum atomic E-state index is -4.07. The number of hydrogen-bond donors (Lipinski definition) is 1. The first-order chi connectivity index (χ1) is 16.3. The molecule has 0 unspecified atom stereocenters. The molecular formula is C23H22ClN3O5S2. The number of nitrogens with zero attached hydrogens (tertiary/aromatic N) is 2. The molecule has 1 amide bonds. The Labute approximate surface area is 207 Å². The highest BCUT2D eigenvalue weighted by atomic mass is 35.5. The molecule has 3 rings (SSSR count). The maximum Gasteiger partial charge on any atom is 0.269 e. The number of nitrogens with one attached hydrogen (secondary N) is 1. The van der Waals surface area contributed by atoms with Crippen LogP contribution in [0.2, 0.25) is 5.02 Å². The molecule has 0 radical (unpaired) electrons. The van der Waals surface area contributed by atoms with Gasteiger partial charge < -0.3 is 5.32 Å². The molecule has 0 fully saturated rings. The van der Waals surface area contributed by atoms with Gasteiger partial charge in [0.15, 0.2) is 0 Å². The van der Waals surface area contributed by atoms with E-state index in [1.807, 2.05) is 18.2 Å². The van der Waals surface area contributed by atoms with Crippen LogP contribution in [0.1, 0.15) is 5.56 Å². The normalized spacial score (nSPS) is 11.1. The van der Waals surface area contributed by atoms with Crippen molar-refractivity contribution in [3.8, 4) is 0 Å². The molecule has 0 bridgehead atoms. The molecule has 0 saturated heterocycles. The van der Waals surface area contributed by atoms with Crippen LogP contribution in [0, 0.1) is 10.1 Å². The Bertz CT molecular complexity index is 1240. The first kappa shape index (κ1) is 25.5. The van der Waals surface area contributed by atoms with E-state index in [9.17, 15) is 23.3 Å². The molecule has 0 saturated carbocycles. The van der Waals surface area contributed by atoms with Gasteiger partial charge in [-0.2, -0.15) is 11.8 Å². The Hall–Kier alpha value is -3.08. The predicted octanol–water partition coefficient (Wildman–Crippen LogP) is 4.49. The van der Waals surface area contributed by atoms with Crippen LogP contribution < -0.4 is 9.62 Å². The Morgan fingerprint density at radius 3 is 2.38 bits per heavy atom. The number of hydrogen-bond acceptors (Lipinski definition) is 6. The second kappa shape index (κ2) is 11.9. The number of rotatable bonds is 11. The van der Waals surface area contributed by atoms with E-state index >= 15 is 0 Å². The highest BCUT2D eigenvalue weighted by Crippen LogP contribution is 2.25. The number of amides is 1. The minimum absolute atomic E-state index is 0.0123. The number of nitro groups is 1. The summed E-state index contributed by atoms with van der Waals surface area (Å²) < 4.78 is 27.4. The SMILES string of the molecule is O=C(CN(c1ccc([N+](=O)[O-])cc1)S(=O)(=O)c1ccccc1)NCCSCc1cccc(Cl)c1. The van der Waals surface area contributed by atoms with Gasteiger partial charge in [-0.25, -0.2) is 8.42 Å². The van der Waals surface area contributed by atoms with E-state index < -0.39 is 27.4 Å². The second-order valence-electron chi connectivity index (χ2n) is 7.13. The van der Waals surface area contributed by atoms with Crippen LogP contribution in [-0.4, -0.2) is 38.1 Å². The molecule has 0 aliphatic carbocycles. The highest BCUT2D eigenvalue weighted by Gasteiger charge is 2.27. The molecule has 0 aromatic heterocycles. The van der Waals surface area contributed by atoms with Gasteiger partial charge >= 0.3 is 0 Å². The van der Waals surface area contributed by atoms with Gasteiger partial charge in [0, 0.05) is 35.2 Å². The summed E-state index contributed by atoms with van der Waals surface area (Å²) in [6.45, 7) is -0.114. The molecule has 178 valence electrons. The van der Waals surface area contributed by atoms with Crippen molar-refractivity contribution in [2.75, 3.05) is 23.1 Å². The topological polar surface area (TPSA) is 110 Å². The first-order valence-electron chi connectivity index (χ1n) is 10.2. The fraction of sp³-hybridized carbons (Fsp3) is 0.174. The van der Waals surface area contributed by atoms with Gasteiger partial charge in [0.1, 0.15) is 6.54 Å². The lowest BCUT2D eigenvalue weighted by Gasteiger charge is -2.24. The van der Waals surface area contributed by atoms with Crippen molar-refractivity contribution in [3.63, 3.8) is 0 Å². The zero-order valence-corrected chi connectivity index (χ0v) is 20.4. The van der Waals surface area contributed by atoms with Crippen molar-refractivity contribution in [1.82, 2.24) is 5.32 Å². The average Bonchev–Trinajstić information content (AvgIpc) is 2.83. The minimum Gasteiger partial charge on any atom is -0.354 e. The van der Waals surface area contributed by atoms with Gasteiger partial charge in [-0.15, -0.1) is 0 Å². The van der Waals surface area contributed by atoms with Gasteiger partial charge in [-0.3, -0.25) is 19.2 Å². The van der Waals surface area contributed by atoms with E-state index in [1.54, 1.807) is 36.0 Å². The lowest BCUT2D eigenvalue weighted by molar-refractivity contribution is -0.384. The number of thioether (sulfide) groups is 1.